The van der Waals surface area contributed by atoms with Crippen molar-refractivity contribution in [3.05, 3.63) is 70.8 Å². The molecule has 1 aliphatic heterocycles. The van der Waals surface area contributed by atoms with E-state index in [-0.39, 0.29) is 41.3 Å². The average molecular weight is 971 g/mol. The van der Waals surface area contributed by atoms with Gasteiger partial charge in [-0.2, -0.15) is 0 Å². The maximum Gasteiger partial charge on any atom is 3.00 e. The van der Waals surface area contributed by atoms with Gasteiger partial charge in [-0.3, -0.25) is 14.4 Å². The minimum atomic E-state index is -2.35. The van der Waals surface area contributed by atoms with Gasteiger partial charge in [0.1, 0.15) is 6.04 Å². The summed E-state index contributed by atoms with van der Waals surface area (Å²) < 4.78 is 16.5. The molecule has 1 heterocycles. The van der Waals surface area contributed by atoms with E-state index in [0.29, 0.717) is 42.9 Å². The molecule has 0 saturated carbocycles. The standard InChI is InChI=1S/C18H28N2O3.C9H4Cl3NO2S.3C2H6O3P.Al/c1-11(2)16(20-18(22)23-12(3)4)17(21)19-14(6)15-9-7-13(5)8-10-15;10-9(11,12)16-13-7(14)5-3-1-2-4-6(5)8(13)15;3*1-2-5-6(3)4;/h7-12,14,16H,1-6H3,(H,19,21)(H,20,22);1-4H;3*3H,2H2,1H3;/q;;3*-1;+3/t14?,16-;;;;;/m0...../s1. The molecule has 0 saturated heterocycles. The van der Waals surface area contributed by atoms with Crippen LogP contribution in [0.5, 0.6) is 0 Å². The van der Waals surface area contributed by atoms with Gasteiger partial charge >= 0.3 is 23.5 Å². The van der Waals surface area contributed by atoms with Crippen LogP contribution in [0.1, 0.15) is 93.3 Å². The molecule has 5 N–H and O–H groups in total. The zero-order valence-corrected chi connectivity index (χ0v) is 40.2. The van der Waals surface area contributed by atoms with Crippen LogP contribution in [0.2, 0.25) is 0 Å². The van der Waals surface area contributed by atoms with Gasteiger partial charge in [-0.05, 0) is 72.1 Å². The number of fused-ring (bicyclic) bond motifs is 1. The molecular formula is C33H50AlCl3N3O14P3S. The van der Waals surface area contributed by atoms with Crippen LogP contribution in [-0.2, 0) is 23.1 Å². The molecule has 0 aliphatic carbocycles. The Morgan fingerprint density at radius 2 is 1.17 bits per heavy atom. The van der Waals surface area contributed by atoms with E-state index in [1.807, 2.05) is 52.0 Å². The predicted octanol–water partition coefficient (Wildman–Crippen LogP) is 5.02. The number of amides is 4. The zero-order chi connectivity index (χ0) is 44.5. The molecule has 17 nitrogen and oxygen atoms in total. The molecule has 5 atom stereocenters. The topological polar surface area (TPSA) is 262 Å². The second-order valence-electron chi connectivity index (χ2n) is 11.4. The van der Waals surface area contributed by atoms with E-state index in [9.17, 15) is 33.9 Å². The summed E-state index contributed by atoms with van der Waals surface area (Å²) >= 11 is 17.2. The number of ether oxygens (including phenoxy) is 1. The van der Waals surface area contributed by atoms with Crippen LogP contribution in [0.3, 0.4) is 0 Å². The number of carbonyl (C=O) groups excluding carboxylic acids is 4. The molecule has 1 aliphatic rings. The van der Waals surface area contributed by atoms with Gasteiger partial charge in [-0.15, -0.1) is 0 Å². The SMILES string of the molecule is CCOP([O-])O.CCOP([O-])O.CCOP([O-])O.Cc1ccc(C(C)NC(=O)[C@@H](NC(=O)OC(C)C)C(C)C)cc1.O=C1c2ccccc2C(=O)N1SC(Cl)(Cl)Cl.[Al+3]. The van der Waals surface area contributed by atoms with Crippen LogP contribution in [0.4, 0.5) is 4.79 Å². The minimum absolute atomic E-state index is 0. The Kier molecular flexibility index (Phi) is 35.5. The molecule has 3 rings (SSSR count). The summed E-state index contributed by atoms with van der Waals surface area (Å²) in [5, 5.41) is 5.59. The van der Waals surface area contributed by atoms with E-state index in [1.165, 1.54) is 5.56 Å². The first-order chi connectivity index (χ1) is 26.4. The molecule has 25 heteroatoms. The molecule has 0 aromatic heterocycles. The molecule has 4 amide bonds. The van der Waals surface area contributed by atoms with Crippen molar-refractivity contribution in [2.45, 2.75) is 83.6 Å². The molecule has 0 bridgehead atoms. The second-order valence-corrected chi connectivity index (χ2v) is 17.7. The molecule has 0 spiro atoms. The van der Waals surface area contributed by atoms with Gasteiger partial charge < -0.3 is 58.3 Å². The van der Waals surface area contributed by atoms with E-state index >= 15 is 0 Å². The van der Waals surface area contributed by atoms with Crippen molar-refractivity contribution in [1.29, 1.82) is 0 Å². The number of alkyl carbamates (subject to hydrolysis) is 1. The number of benzene rings is 2. The van der Waals surface area contributed by atoms with Crippen molar-refractivity contribution >= 4 is 114 Å². The Labute approximate surface area is 373 Å². The smallest absolute Gasteiger partial charge is 0.786 e. The van der Waals surface area contributed by atoms with Crippen LogP contribution < -0.4 is 25.3 Å². The van der Waals surface area contributed by atoms with Gasteiger partial charge in [-0.25, -0.2) is 9.10 Å². The number of nitrogens with one attached hydrogen (secondary N) is 2. The third kappa shape index (κ3) is 29.3. The van der Waals surface area contributed by atoms with Crippen LogP contribution >= 0.6 is 72.6 Å². The summed E-state index contributed by atoms with van der Waals surface area (Å²) in [7, 11) is -7.05. The fourth-order valence-corrected chi connectivity index (χ4v) is 5.69. The van der Waals surface area contributed by atoms with Crippen molar-refractivity contribution in [2.75, 3.05) is 19.8 Å². The van der Waals surface area contributed by atoms with Gasteiger partial charge in [0.2, 0.25) is 5.91 Å². The van der Waals surface area contributed by atoms with Crippen molar-refractivity contribution in [1.82, 2.24) is 14.9 Å². The fourth-order valence-electron chi connectivity index (χ4n) is 3.84. The molecule has 4 unspecified atom stereocenters. The number of nitrogens with zero attached hydrogens (tertiary/aromatic N) is 1. The van der Waals surface area contributed by atoms with Crippen LogP contribution in [0.15, 0.2) is 48.5 Å². The van der Waals surface area contributed by atoms with E-state index in [2.05, 4.69) is 24.2 Å². The van der Waals surface area contributed by atoms with Crippen molar-refractivity contribution < 1.29 is 66.8 Å². The summed E-state index contributed by atoms with van der Waals surface area (Å²) in [6, 6.07) is 13.7. The van der Waals surface area contributed by atoms with Gasteiger partial charge in [-0.1, -0.05) is 90.6 Å². The number of hydrogen-bond acceptors (Lipinski definition) is 15. The number of halogens is 3. The summed E-state index contributed by atoms with van der Waals surface area (Å²) in [5.41, 5.74) is 2.85. The van der Waals surface area contributed by atoms with Crippen molar-refractivity contribution in [2.24, 2.45) is 5.92 Å². The third-order valence-electron chi connectivity index (χ3n) is 6.17. The van der Waals surface area contributed by atoms with E-state index in [4.69, 9.17) is 54.2 Å². The van der Waals surface area contributed by atoms with Crippen LogP contribution in [0.25, 0.3) is 0 Å². The first-order valence-corrected chi connectivity index (χ1v) is 22.2. The first kappa shape index (κ1) is 61.3. The maximum atomic E-state index is 12.5. The number of hydrogen-bond donors (Lipinski definition) is 5. The molecule has 2 aromatic carbocycles. The van der Waals surface area contributed by atoms with E-state index < -0.39 is 52.9 Å². The normalized spacial score (nSPS) is 14.2. The van der Waals surface area contributed by atoms with Gasteiger partial charge in [0.25, 0.3) is 14.9 Å². The Morgan fingerprint density at radius 3 is 1.47 bits per heavy atom. The molecule has 326 valence electrons. The summed E-state index contributed by atoms with van der Waals surface area (Å²) in [6.07, 6.45) is -0.797. The average Bonchev–Trinajstić information content (AvgIpc) is 3.31. The Balaban J connectivity index is -0.000000743. The van der Waals surface area contributed by atoms with Crippen LogP contribution in [-0.4, -0.2) is 95.3 Å². The number of rotatable bonds is 13. The maximum absolute atomic E-state index is 12.5. The fraction of sp³-hybridized carbons (Fsp3) is 0.515. The van der Waals surface area contributed by atoms with Crippen molar-refractivity contribution in [3.8, 4) is 0 Å². The molecule has 0 fully saturated rings. The molecular weight excluding hydrogens is 921 g/mol. The van der Waals surface area contributed by atoms with Gasteiger partial charge in [0.05, 0.1) is 49.1 Å². The molecule has 0 radical (unpaired) electrons. The van der Waals surface area contributed by atoms with Crippen LogP contribution in [0, 0.1) is 12.8 Å². The number of imide groups is 1. The van der Waals surface area contributed by atoms with E-state index in [1.54, 1.807) is 58.9 Å². The Hall–Kier alpha value is -0.998. The Morgan fingerprint density at radius 1 is 0.776 bits per heavy atom. The number of alkyl halides is 3. The van der Waals surface area contributed by atoms with E-state index in [0.717, 1.165) is 9.87 Å². The Bertz CT molecular complexity index is 1410. The number of aryl methyl sites for hydroxylation is 1. The first-order valence-electron chi connectivity index (χ1n) is 16.9. The zero-order valence-electron chi connectivity index (χ0n) is 33.3. The number of carbonyl (C=O) groups is 4. The van der Waals surface area contributed by atoms with Gasteiger partial charge in [0.15, 0.2) is 0 Å². The summed E-state index contributed by atoms with van der Waals surface area (Å²) in [6.45, 7) is 17.1. The second kappa shape index (κ2) is 33.6. The monoisotopic (exact) mass is 969 g/mol. The third-order valence-corrected chi connectivity index (χ3v) is 8.95. The summed E-state index contributed by atoms with van der Waals surface area (Å²) in [4.78, 5) is 99.9. The van der Waals surface area contributed by atoms with Gasteiger partial charge in [0, 0.05) is 31.8 Å². The molecule has 58 heavy (non-hydrogen) atoms. The largest absolute Gasteiger partial charge is 3.00 e. The molecule has 2 aromatic rings. The minimum Gasteiger partial charge on any atom is -0.786 e. The predicted molar refractivity (Wildman–Crippen MR) is 224 cm³/mol. The quantitative estimate of drug-likeness (QED) is 0.0581. The summed E-state index contributed by atoms with van der Waals surface area (Å²) in [5.74, 6) is -1.18. The van der Waals surface area contributed by atoms with Crippen molar-refractivity contribution in [3.63, 3.8) is 0 Å².